The van der Waals surface area contributed by atoms with Crippen LogP contribution in [0.25, 0.3) is 11.0 Å². The second kappa shape index (κ2) is 4.94. The van der Waals surface area contributed by atoms with Crippen molar-refractivity contribution in [1.82, 2.24) is 15.3 Å². The SMILES string of the molecule is C=CCC(C)NCc1c[nH]c2ncccc12. The number of H-pyrrole nitrogens is 1. The molecule has 84 valence electrons. The van der Waals surface area contributed by atoms with Gasteiger partial charge in [0.25, 0.3) is 0 Å². The molecule has 2 aromatic heterocycles. The summed E-state index contributed by atoms with van der Waals surface area (Å²) in [6.45, 7) is 6.76. The molecule has 0 saturated heterocycles. The molecule has 0 amide bonds. The molecule has 1 unspecified atom stereocenters. The molecule has 0 aromatic carbocycles. The van der Waals surface area contributed by atoms with Crippen LogP contribution in [0.15, 0.2) is 37.2 Å². The maximum absolute atomic E-state index is 4.27. The number of nitrogens with one attached hydrogen (secondary N) is 2. The van der Waals surface area contributed by atoms with Crippen molar-refractivity contribution in [3.05, 3.63) is 42.7 Å². The first kappa shape index (κ1) is 10.9. The highest BCUT2D eigenvalue weighted by atomic mass is 14.9. The zero-order chi connectivity index (χ0) is 11.4. The third kappa shape index (κ3) is 2.31. The fraction of sp³-hybridized carbons (Fsp3) is 0.308. The number of aromatic amines is 1. The van der Waals surface area contributed by atoms with Gasteiger partial charge < -0.3 is 10.3 Å². The van der Waals surface area contributed by atoms with E-state index in [1.165, 1.54) is 10.9 Å². The van der Waals surface area contributed by atoms with Gasteiger partial charge >= 0.3 is 0 Å². The van der Waals surface area contributed by atoms with E-state index in [-0.39, 0.29) is 0 Å². The van der Waals surface area contributed by atoms with Gasteiger partial charge in [0.1, 0.15) is 5.65 Å². The lowest BCUT2D eigenvalue weighted by molar-refractivity contribution is 0.555. The highest BCUT2D eigenvalue weighted by molar-refractivity contribution is 5.79. The molecule has 0 aliphatic heterocycles. The van der Waals surface area contributed by atoms with Gasteiger partial charge in [0.15, 0.2) is 0 Å². The molecule has 3 nitrogen and oxygen atoms in total. The Hall–Kier alpha value is -1.61. The molecule has 3 heteroatoms. The number of rotatable bonds is 5. The topological polar surface area (TPSA) is 40.7 Å². The molecule has 2 rings (SSSR count). The summed E-state index contributed by atoms with van der Waals surface area (Å²) >= 11 is 0. The molecule has 0 saturated carbocycles. The minimum absolute atomic E-state index is 0.458. The summed E-state index contributed by atoms with van der Waals surface area (Å²) in [5.41, 5.74) is 2.22. The molecule has 0 aliphatic rings. The number of hydrogen-bond donors (Lipinski definition) is 2. The first-order chi connectivity index (χ1) is 7.81. The number of fused-ring (bicyclic) bond motifs is 1. The van der Waals surface area contributed by atoms with Gasteiger partial charge in [-0.15, -0.1) is 6.58 Å². The molecule has 0 bridgehead atoms. The summed E-state index contributed by atoms with van der Waals surface area (Å²) in [6.07, 6.45) is 6.75. The van der Waals surface area contributed by atoms with Crippen LogP contribution in [0.3, 0.4) is 0 Å². The van der Waals surface area contributed by atoms with Crippen molar-refractivity contribution in [1.29, 1.82) is 0 Å². The van der Waals surface area contributed by atoms with Crippen molar-refractivity contribution in [2.75, 3.05) is 0 Å². The van der Waals surface area contributed by atoms with E-state index in [9.17, 15) is 0 Å². The molecule has 16 heavy (non-hydrogen) atoms. The van der Waals surface area contributed by atoms with Crippen LogP contribution in [0, 0.1) is 0 Å². The molecular weight excluding hydrogens is 198 g/mol. The van der Waals surface area contributed by atoms with E-state index in [0.717, 1.165) is 18.6 Å². The molecule has 2 heterocycles. The molecule has 0 spiro atoms. The molecule has 0 aliphatic carbocycles. The third-order valence-electron chi connectivity index (χ3n) is 2.70. The zero-order valence-electron chi connectivity index (χ0n) is 9.53. The smallest absolute Gasteiger partial charge is 0.137 e. The fourth-order valence-electron chi connectivity index (χ4n) is 1.78. The predicted molar refractivity (Wildman–Crippen MR) is 67.2 cm³/mol. The molecule has 0 radical (unpaired) electrons. The minimum atomic E-state index is 0.458. The predicted octanol–water partition coefficient (Wildman–Crippen LogP) is 2.62. The maximum Gasteiger partial charge on any atom is 0.137 e. The summed E-state index contributed by atoms with van der Waals surface area (Å²) < 4.78 is 0. The van der Waals surface area contributed by atoms with Crippen molar-refractivity contribution in [2.24, 2.45) is 0 Å². The Bertz CT molecular complexity index is 473. The Morgan fingerprint density at radius 3 is 3.31 bits per heavy atom. The van der Waals surface area contributed by atoms with Gasteiger partial charge in [0, 0.05) is 30.4 Å². The Balaban J connectivity index is 2.07. The van der Waals surface area contributed by atoms with Crippen molar-refractivity contribution < 1.29 is 0 Å². The minimum Gasteiger partial charge on any atom is -0.346 e. The average Bonchev–Trinajstić information content (AvgIpc) is 2.70. The van der Waals surface area contributed by atoms with Crippen LogP contribution < -0.4 is 5.32 Å². The monoisotopic (exact) mass is 215 g/mol. The van der Waals surface area contributed by atoms with Crippen LogP contribution >= 0.6 is 0 Å². The molecule has 1 atom stereocenters. The van der Waals surface area contributed by atoms with E-state index in [2.05, 4.69) is 34.9 Å². The highest BCUT2D eigenvalue weighted by Gasteiger charge is 2.04. The van der Waals surface area contributed by atoms with Gasteiger partial charge in [0.2, 0.25) is 0 Å². The summed E-state index contributed by atoms with van der Waals surface area (Å²) in [5, 5.41) is 4.65. The fourth-order valence-corrected chi connectivity index (χ4v) is 1.78. The van der Waals surface area contributed by atoms with Crippen molar-refractivity contribution >= 4 is 11.0 Å². The van der Waals surface area contributed by atoms with Crippen LogP contribution in [0.1, 0.15) is 18.9 Å². The van der Waals surface area contributed by atoms with Crippen LogP contribution in [-0.4, -0.2) is 16.0 Å². The normalized spacial score (nSPS) is 12.8. The highest BCUT2D eigenvalue weighted by Crippen LogP contribution is 2.15. The van der Waals surface area contributed by atoms with Gasteiger partial charge in [0.05, 0.1) is 0 Å². The average molecular weight is 215 g/mol. The molecule has 0 fully saturated rings. The van der Waals surface area contributed by atoms with Gasteiger partial charge in [-0.1, -0.05) is 6.08 Å². The second-order valence-corrected chi connectivity index (χ2v) is 4.02. The standard InChI is InChI=1S/C13H17N3/c1-3-5-10(2)15-8-11-9-16-13-12(11)6-4-7-14-13/h3-4,6-7,9-10,15H,1,5,8H2,2H3,(H,14,16). The largest absolute Gasteiger partial charge is 0.346 e. The Labute approximate surface area is 95.6 Å². The molecular formula is C13H17N3. The van der Waals surface area contributed by atoms with Gasteiger partial charge in [-0.2, -0.15) is 0 Å². The van der Waals surface area contributed by atoms with E-state index in [4.69, 9.17) is 0 Å². The first-order valence-corrected chi connectivity index (χ1v) is 5.56. The van der Waals surface area contributed by atoms with E-state index >= 15 is 0 Å². The summed E-state index contributed by atoms with van der Waals surface area (Å²) in [4.78, 5) is 7.44. The number of hydrogen-bond acceptors (Lipinski definition) is 2. The zero-order valence-corrected chi connectivity index (χ0v) is 9.53. The summed E-state index contributed by atoms with van der Waals surface area (Å²) in [5.74, 6) is 0. The number of aromatic nitrogens is 2. The Morgan fingerprint density at radius 1 is 1.62 bits per heavy atom. The van der Waals surface area contributed by atoms with Crippen LogP contribution in [-0.2, 0) is 6.54 Å². The summed E-state index contributed by atoms with van der Waals surface area (Å²) in [6, 6.07) is 4.51. The summed E-state index contributed by atoms with van der Waals surface area (Å²) in [7, 11) is 0. The van der Waals surface area contributed by atoms with Gasteiger partial charge in [-0.05, 0) is 31.0 Å². The maximum atomic E-state index is 4.27. The first-order valence-electron chi connectivity index (χ1n) is 5.56. The van der Waals surface area contributed by atoms with Crippen LogP contribution in [0.2, 0.25) is 0 Å². The van der Waals surface area contributed by atoms with Gasteiger partial charge in [-0.25, -0.2) is 4.98 Å². The Kier molecular flexibility index (Phi) is 3.37. The van der Waals surface area contributed by atoms with E-state index in [0.29, 0.717) is 6.04 Å². The van der Waals surface area contributed by atoms with Crippen LogP contribution in [0.4, 0.5) is 0 Å². The molecule has 2 aromatic rings. The lowest BCUT2D eigenvalue weighted by atomic mass is 10.2. The Morgan fingerprint density at radius 2 is 2.50 bits per heavy atom. The van der Waals surface area contributed by atoms with Crippen molar-refractivity contribution in [3.63, 3.8) is 0 Å². The lowest BCUT2D eigenvalue weighted by Crippen LogP contribution is -2.24. The van der Waals surface area contributed by atoms with Crippen molar-refractivity contribution in [2.45, 2.75) is 25.9 Å². The van der Waals surface area contributed by atoms with Gasteiger partial charge in [-0.3, -0.25) is 0 Å². The van der Waals surface area contributed by atoms with E-state index < -0.39 is 0 Å². The number of pyridine rings is 1. The second-order valence-electron chi connectivity index (χ2n) is 4.02. The lowest BCUT2D eigenvalue weighted by Gasteiger charge is -2.10. The van der Waals surface area contributed by atoms with E-state index in [1.807, 2.05) is 18.3 Å². The van der Waals surface area contributed by atoms with E-state index in [1.54, 1.807) is 6.20 Å². The number of nitrogens with zero attached hydrogens (tertiary/aromatic N) is 1. The quantitative estimate of drug-likeness (QED) is 0.753. The van der Waals surface area contributed by atoms with Crippen LogP contribution in [0.5, 0.6) is 0 Å². The van der Waals surface area contributed by atoms with Crippen molar-refractivity contribution in [3.8, 4) is 0 Å². The third-order valence-corrected chi connectivity index (χ3v) is 2.70. The molecule has 2 N–H and O–H groups in total.